The van der Waals surface area contributed by atoms with E-state index in [4.69, 9.17) is 5.73 Å². The van der Waals surface area contributed by atoms with E-state index in [-0.39, 0.29) is 11.9 Å². The lowest BCUT2D eigenvalue weighted by Gasteiger charge is -2.12. The predicted octanol–water partition coefficient (Wildman–Crippen LogP) is 2.95. The van der Waals surface area contributed by atoms with Crippen LogP contribution in [0.5, 0.6) is 0 Å². The van der Waals surface area contributed by atoms with E-state index in [2.05, 4.69) is 4.98 Å². The van der Waals surface area contributed by atoms with Crippen LogP contribution in [0.3, 0.4) is 0 Å². The van der Waals surface area contributed by atoms with Crippen molar-refractivity contribution in [2.45, 2.75) is 12.5 Å². The van der Waals surface area contributed by atoms with E-state index in [0.717, 1.165) is 22.4 Å². The van der Waals surface area contributed by atoms with Gasteiger partial charge in [-0.3, -0.25) is 0 Å². The SMILES string of the molecule is Cn1c(CC(N)c2cccc(F)c2)nc2ccccc21. The summed E-state index contributed by atoms with van der Waals surface area (Å²) in [6.07, 6.45) is 0.578. The fourth-order valence-corrected chi connectivity index (χ4v) is 2.43. The normalized spacial score (nSPS) is 12.8. The van der Waals surface area contributed by atoms with Crippen LogP contribution in [-0.4, -0.2) is 9.55 Å². The average Bonchev–Trinajstić information content (AvgIpc) is 2.76. The fourth-order valence-electron chi connectivity index (χ4n) is 2.43. The summed E-state index contributed by atoms with van der Waals surface area (Å²) >= 11 is 0. The number of fused-ring (bicyclic) bond motifs is 1. The van der Waals surface area contributed by atoms with Crippen LogP contribution in [0.2, 0.25) is 0 Å². The summed E-state index contributed by atoms with van der Waals surface area (Å²) in [5.74, 6) is 0.644. The van der Waals surface area contributed by atoms with Crippen molar-refractivity contribution in [2.75, 3.05) is 0 Å². The molecule has 0 amide bonds. The fraction of sp³-hybridized carbons (Fsp3) is 0.188. The predicted molar refractivity (Wildman–Crippen MR) is 77.7 cm³/mol. The largest absolute Gasteiger partial charge is 0.331 e. The molecule has 0 saturated heterocycles. The molecule has 3 nitrogen and oxygen atoms in total. The maximum Gasteiger partial charge on any atom is 0.123 e. The van der Waals surface area contributed by atoms with Gasteiger partial charge in [-0.1, -0.05) is 24.3 Å². The minimum Gasteiger partial charge on any atom is -0.331 e. The van der Waals surface area contributed by atoms with Gasteiger partial charge in [-0.15, -0.1) is 0 Å². The van der Waals surface area contributed by atoms with Crippen molar-refractivity contribution in [3.63, 3.8) is 0 Å². The molecule has 2 aromatic carbocycles. The van der Waals surface area contributed by atoms with E-state index in [1.807, 2.05) is 41.9 Å². The quantitative estimate of drug-likeness (QED) is 0.794. The van der Waals surface area contributed by atoms with Crippen molar-refractivity contribution >= 4 is 11.0 Å². The van der Waals surface area contributed by atoms with Gasteiger partial charge in [0.2, 0.25) is 0 Å². The van der Waals surface area contributed by atoms with Gasteiger partial charge < -0.3 is 10.3 Å². The van der Waals surface area contributed by atoms with Gasteiger partial charge in [0.15, 0.2) is 0 Å². The van der Waals surface area contributed by atoms with Gasteiger partial charge in [-0.2, -0.15) is 0 Å². The molecule has 0 fully saturated rings. The molecule has 20 heavy (non-hydrogen) atoms. The Morgan fingerprint density at radius 2 is 2.00 bits per heavy atom. The first kappa shape index (κ1) is 12.8. The number of aryl methyl sites for hydroxylation is 1. The molecule has 0 aliphatic heterocycles. The Balaban J connectivity index is 1.91. The topological polar surface area (TPSA) is 43.8 Å². The maximum absolute atomic E-state index is 13.2. The van der Waals surface area contributed by atoms with Gasteiger partial charge in [0, 0.05) is 19.5 Å². The molecule has 3 rings (SSSR count). The zero-order valence-corrected chi connectivity index (χ0v) is 11.3. The lowest BCUT2D eigenvalue weighted by atomic mass is 10.0. The van der Waals surface area contributed by atoms with Crippen LogP contribution in [0.1, 0.15) is 17.4 Å². The summed E-state index contributed by atoms with van der Waals surface area (Å²) in [5, 5.41) is 0. The molecule has 2 N–H and O–H groups in total. The van der Waals surface area contributed by atoms with E-state index in [0.29, 0.717) is 6.42 Å². The maximum atomic E-state index is 13.2. The van der Waals surface area contributed by atoms with Crippen LogP contribution >= 0.6 is 0 Å². The first-order valence-electron chi connectivity index (χ1n) is 6.56. The number of rotatable bonds is 3. The van der Waals surface area contributed by atoms with Gasteiger partial charge in [-0.05, 0) is 29.8 Å². The lowest BCUT2D eigenvalue weighted by molar-refractivity contribution is 0.613. The number of imidazole rings is 1. The van der Waals surface area contributed by atoms with Crippen molar-refractivity contribution in [1.29, 1.82) is 0 Å². The van der Waals surface area contributed by atoms with E-state index >= 15 is 0 Å². The average molecular weight is 269 g/mol. The zero-order chi connectivity index (χ0) is 14.1. The molecule has 1 unspecified atom stereocenters. The molecule has 0 radical (unpaired) electrons. The van der Waals surface area contributed by atoms with Crippen LogP contribution < -0.4 is 5.73 Å². The molecule has 0 aliphatic carbocycles. The lowest BCUT2D eigenvalue weighted by Crippen LogP contribution is -2.16. The van der Waals surface area contributed by atoms with E-state index in [9.17, 15) is 4.39 Å². The first-order chi connectivity index (χ1) is 9.65. The smallest absolute Gasteiger partial charge is 0.123 e. The highest BCUT2D eigenvalue weighted by molar-refractivity contribution is 5.75. The highest BCUT2D eigenvalue weighted by Gasteiger charge is 2.13. The van der Waals surface area contributed by atoms with Crippen molar-refractivity contribution in [3.8, 4) is 0 Å². The third-order valence-electron chi connectivity index (χ3n) is 3.56. The van der Waals surface area contributed by atoms with Crippen molar-refractivity contribution in [1.82, 2.24) is 9.55 Å². The second kappa shape index (κ2) is 5.06. The molecule has 4 heteroatoms. The Hall–Kier alpha value is -2.20. The van der Waals surface area contributed by atoms with Crippen molar-refractivity contribution in [2.24, 2.45) is 12.8 Å². The van der Waals surface area contributed by atoms with Crippen LogP contribution in [0.15, 0.2) is 48.5 Å². The highest BCUT2D eigenvalue weighted by Crippen LogP contribution is 2.20. The van der Waals surface area contributed by atoms with Gasteiger partial charge in [0.1, 0.15) is 11.6 Å². The summed E-state index contributed by atoms with van der Waals surface area (Å²) < 4.78 is 15.3. The summed E-state index contributed by atoms with van der Waals surface area (Å²) in [6, 6.07) is 14.1. The molecule has 0 spiro atoms. The minimum absolute atomic E-state index is 0.261. The molecule has 0 aliphatic rings. The monoisotopic (exact) mass is 269 g/mol. The summed E-state index contributed by atoms with van der Waals surface area (Å²) in [7, 11) is 1.98. The van der Waals surface area contributed by atoms with Crippen LogP contribution in [0, 0.1) is 5.82 Å². The Bertz CT molecular complexity index is 748. The Labute approximate surface area is 116 Å². The second-order valence-corrected chi connectivity index (χ2v) is 4.94. The molecule has 1 aromatic heterocycles. The summed E-state index contributed by atoms with van der Waals surface area (Å²) in [4.78, 5) is 4.59. The van der Waals surface area contributed by atoms with Gasteiger partial charge in [0.05, 0.1) is 11.0 Å². The number of nitrogens with two attached hydrogens (primary N) is 1. The van der Waals surface area contributed by atoms with E-state index in [1.54, 1.807) is 6.07 Å². The number of hydrogen-bond acceptors (Lipinski definition) is 2. The van der Waals surface area contributed by atoms with E-state index in [1.165, 1.54) is 12.1 Å². The van der Waals surface area contributed by atoms with Gasteiger partial charge in [0.25, 0.3) is 0 Å². The van der Waals surface area contributed by atoms with Crippen molar-refractivity contribution < 1.29 is 4.39 Å². The zero-order valence-electron chi connectivity index (χ0n) is 11.3. The molecule has 0 bridgehead atoms. The minimum atomic E-state index is -0.263. The highest BCUT2D eigenvalue weighted by atomic mass is 19.1. The van der Waals surface area contributed by atoms with Crippen molar-refractivity contribution in [3.05, 3.63) is 65.7 Å². The number of aromatic nitrogens is 2. The molecule has 3 aromatic rings. The Morgan fingerprint density at radius 1 is 1.20 bits per heavy atom. The number of halogens is 1. The number of benzene rings is 2. The molecular weight excluding hydrogens is 253 g/mol. The Morgan fingerprint density at radius 3 is 2.75 bits per heavy atom. The Kier molecular flexibility index (Phi) is 3.24. The number of nitrogens with zero attached hydrogens (tertiary/aromatic N) is 2. The first-order valence-corrected chi connectivity index (χ1v) is 6.56. The molecule has 102 valence electrons. The number of para-hydroxylation sites is 2. The summed E-state index contributed by atoms with van der Waals surface area (Å²) in [6.45, 7) is 0. The number of hydrogen-bond donors (Lipinski definition) is 1. The summed E-state index contributed by atoms with van der Waals surface area (Å²) in [5.41, 5.74) is 8.99. The third kappa shape index (κ3) is 2.30. The van der Waals surface area contributed by atoms with Crippen LogP contribution in [0.25, 0.3) is 11.0 Å². The second-order valence-electron chi connectivity index (χ2n) is 4.94. The van der Waals surface area contributed by atoms with Gasteiger partial charge in [-0.25, -0.2) is 9.37 Å². The third-order valence-corrected chi connectivity index (χ3v) is 3.56. The van der Waals surface area contributed by atoms with Crippen LogP contribution in [0.4, 0.5) is 4.39 Å². The standard InChI is InChI=1S/C16H16FN3/c1-20-15-8-3-2-7-14(15)19-16(20)10-13(18)11-5-4-6-12(17)9-11/h2-9,13H,10,18H2,1H3. The van der Waals surface area contributed by atoms with E-state index < -0.39 is 0 Å². The molecule has 1 heterocycles. The molecule has 1 atom stereocenters. The molecule has 0 saturated carbocycles. The van der Waals surface area contributed by atoms with Gasteiger partial charge >= 0.3 is 0 Å². The molecular formula is C16H16FN3. The van der Waals surface area contributed by atoms with Crippen LogP contribution in [-0.2, 0) is 13.5 Å².